The Morgan fingerprint density at radius 2 is 2.29 bits per heavy atom. The summed E-state index contributed by atoms with van der Waals surface area (Å²) in [6.45, 7) is 1.10. The van der Waals surface area contributed by atoms with E-state index in [0.717, 1.165) is 23.5 Å². The smallest absolute Gasteiger partial charge is 0.120 e. The van der Waals surface area contributed by atoms with Gasteiger partial charge in [0.2, 0.25) is 0 Å². The molecule has 2 aliphatic rings. The van der Waals surface area contributed by atoms with Crippen LogP contribution in [0.4, 0.5) is 5.69 Å². The van der Waals surface area contributed by atoms with Crippen LogP contribution in [0.3, 0.4) is 0 Å². The first-order chi connectivity index (χ1) is 8.38. The van der Waals surface area contributed by atoms with Crippen LogP contribution in [0.15, 0.2) is 18.2 Å². The Kier molecular flexibility index (Phi) is 3.19. The molecule has 2 aliphatic heterocycles. The van der Waals surface area contributed by atoms with Crippen molar-refractivity contribution >= 4 is 17.4 Å². The number of methoxy groups -OCH3 is 1. The largest absolute Gasteiger partial charge is 0.497 e. The fraction of sp³-hybridized carbons (Fsp3) is 0.571. The van der Waals surface area contributed by atoms with Gasteiger partial charge in [-0.3, -0.25) is 0 Å². The highest BCUT2D eigenvalue weighted by Gasteiger charge is 2.30. The number of thioether (sulfide) groups is 1. The molecule has 2 heterocycles. The number of nitrogens with one attached hydrogen (secondary N) is 1. The molecular formula is C14H19NOS. The maximum absolute atomic E-state index is 5.30. The first kappa shape index (κ1) is 11.3. The van der Waals surface area contributed by atoms with Gasteiger partial charge in [0.15, 0.2) is 0 Å². The van der Waals surface area contributed by atoms with Crippen LogP contribution < -0.4 is 10.1 Å². The summed E-state index contributed by atoms with van der Waals surface area (Å²) in [4.78, 5) is 0. The number of ether oxygens (including phenoxy) is 1. The van der Waals surface area contributed by atoms with Crippen LogP contribution in [0.2, 0.25) is 0 Å². The zero-order valence-corrected chi connectivity index (χ0v) is 11.1. The zero-order chi connectivity index (χ0) is 11.7. The zero-order valence-electron chi connectivity index (χ0n) is 10.2. The van der Waals surface area contributed by atoms with Crippen molar-refractivity contribution in [1.29, 1.82) is 0 Å². The van der Waals surface area contributed by atoms with Gasteiger partial charge in [0.05, 0.1) is 7.11 Å². The number of anilines is 1. The molecule has 2 nitrogen and oxygen atoms in total. The predicted octanol–water partition coefficient (Wildman–Crippen LogP) is 3.49. The molecule has 1 aromatic carbocycles. The molecule has 92 valence electrons. The Balaban J connectivity index is 1.90. The van der Waals surface area contributed by atoms with E-state index in [1.54, 1.807) is 7.11 Å². The van der Waals surface area contributed by atoms with E-state index >= 15 is 0 Å². The van der Waals surface area contributed by atoms with E-state index < -0.39 is 0 Å². The lowest BCUT2D eigenvalue weighted by molar-refractivity contribution is 0.414. The monoisotopic (exact) mass is 249 g/mol. The van der Waals surface area contributed by atoms with Crippen LogP contribution in [0.25, 0.3) is 0 Å². The van der Waals surface area contributed by atoms with Gasteiger partial charge in [0.25, 0.3) is 0 Å². The van der Waals surface area contributed by atoms with Crippen LogP contribution in [0.5, 0.6) is 5.75 Å². The second-order valence-electron chi connectivity index (χ2n) is 4.83. The van der Waals surface area contributed by atoms with Crippen LogP contribution in [-0.4, -0.2) is 24.7 Å². The summed E-state index contributed by atoms with van der Waals surface area (Å²) < 4.78 is 5.30. The molecule has 17 heavy (non-hydrogen) atoms. The summed E-state index contributed by atoms with van der Waals surface area (Å²) in [5, 5.41) is 4.34. The van der Waals surface area contributed by atoms with Gasteiger partial charge in [0.1, 0.15) is 5.75 Å². The Hall–Kier alpha value is -0.830. The third-order valence-corrected chi connectivity index (χ3v) is 5.36. The van der Waals surface area contributed by atoms with Gasteiger partial charge in [-0.25, -0.2) is 0 Å². The van der Waals surface area contributed by atoms with E-state index in [1.807, 2.05) is 0 Å². The summed E-state index contributed by atoms with van der Waals surface area (Å²) in [6.07, 6.45) is 4.06. The van der Waals surface area contributed by atoms with Gasteiger partial charge in [0, 0.05) is 23.5 Å². The molecule has 0 saturated carbocycles. The second kappa shape index (κ2) is 4.81. The maximum Gasteiger partial charge on any atom is 0.120 e. The molecule has 3 heteroatoms. The second-order valence-corrected chi connectivity index (χ2v) is 6.17. The van der Waals surface area contributed by atoms with Gasteiger partial charge in [-0.05, 0) is 42.6 Å². The first-order valence-electron chi connectivity index (χ1n) is 6.42. The van der Waals surface area contributed by atoms with Crippen LogP contribution in [-0.2, 0) is 0 Å². The van der Waals surface area contributed by atoms with Crippen molar-refractivity contribution in [2.45, 2.75) is 30.4 Å². The highest BCUT2D eigenvalue weighted by atomic mass is 32.2. The molecule has 0 bridgehead atoms. The van der Waals surface area contributed by atoms with E-state index in [1.165, 1.54) is 36.3 Å². The van der Waals surface area contributed by atoms with Gasteiger partial charge in [-0.1, -0.05) is 6.07 Å². The summed E-state index contributed by atoms with van der Waals surface area (Å²) in [5.74, 6) is 3.04. The fourth-order valence-corrected chi connectivity index (χ4v) is 4.45. The molecule has 1 saturated heterocycles. The Morgan fingerprint density at radius 1 is 1.35 bits per heavy atom. The molecular weight excluding hydrogens is 230 g/mol. The number of hydrogen-bond acceptors (Lipinski definition) is 3. The van der Waals surface area contributed by atoms with E-state index in [-0.39, 0.29) is 0 Å². The lowest BCUT2D eigenvalue weighted by Crippen LogP contribution is -2.23. The minimum Gasteiger partial charge on any atom is -0.497 e. The summed E-state index contributed by atoms with van der Waals surface area (Å²) in [6, 6.07) is 6.49. The number of rotatable bonds is 2. The summed E-state index contributed by atoms with van der Waals surface area (Å²) in [7, 11) is 1.73. The van der Waals surface area contributed by atoms with Gasteiger partial charge < -0.3 is 10.1 Å². The van der Waals surface area contributed by atoms with Gasteiger partial charge in [-0.15, -0.1) is 0 Å². The predicted molar refractivity (Wildman–Crippen MR) is 74.3 cm³/mol. The third-order valence-electron chi connectivity index (χ3n) is 3.84. The SMILES string of the molecule is COc1ccc2c(c1)NCCC2C1CCCS1. The highest BCUT2D eigenvalue weighted by Crippen LogP contribution is 2.44. The lowest BCUT2D eigenvalue weighted by Gasteiger charge is -2.30. The molecule has 3 rings (SSSR count). The minimum absolute atomic E-state index is 0.740. The summed E-state index contributed by atoms with van der Waals surface area (Å²) >= 11 is 2.16. The average Bonchev–Trinajstić information content (AvgIpc) is 2.91. The molecule has 0 spiro atoms. The van der Waals surface area contributed by atoms with E-state index in [0.29, 0.717) is 0 Å². The van der Waals surface area contributed by atoms with Crippen molar-refractivity contribution in [2.24, 2.45) is 0 Å². The van der Waals surface area contributed by atoms with Crippen molar-refractivity contribution in [3.8, 4) is 5.75 Å². The van der Waals surface area contributed by atoms with Crippen molar-refractivity contribution in [3.05, 3.63) is 23.8 Å². The molecule has 0 radical (unpaired) electrons. The minimum atomic E-state index is 0.740. The van der Waals surface area contributed by atoms with Gasteiger partial charge in [-0.2, -0.15) is 11.8 Å². The molecule has 1 fully saturated rings. The molecule has 0 aliphatic carbocycles. The molecule has 2 atom stereocenters. The van der Waals surface area contributed by atoms with Crippen LogP contribution in [0.1, 0.15) is 30.7 Å². The van der Waals surface area contributed by atoms with Gasteiger partial charge >= 0.3 is 0 Å². The molecule has 2 unspecified atom stereocenters. The molecule has 1 aromatic rings. The average molecular weight is 249 g/mol. The van der Waals surface area contributed by atoms with Crippen LogP contribution in [0, 0.1) is 0 Å². The summed E-state index contributed by atoms with van der Waals surface area (Å²) in [5.41, 5.74) is 2.78. The van der Waals surface area contributed by atoms with E-state index in [2.05, 4.69) is 35.3 Å². The third kappa shape index (κ3) is 2.13. The van der Waals surface area contributed by atoms with Crippen molar-refractivity contribution in [1.82, 2.24) is 0 Å². The Bertz CT molecular complexity index is 401. The van der Waals surface area contributed by atoms with Crippen molar-refractivity contribution in [2.75, 3.05) is 24.7 Å². The Morgan fingerprint density at radius 3 is 3.06 bits per heavy atom. The normalized spacial score (nSPS) is 27.4. The van der Waals surface area contributed by atoms with Crippen molar-refractivity contribution in [3.63, 3.8) is 0 Å². The Labute approximate surface area is 107 Å². The fourth-order valence-electron chi connectivity index (χ4n) is 2.96. The molecule has 0 aromatic heterocycles. The molecule has 1 N–H and O–H groups in total. The number of benzene rings is 1. The van der Waals surface area contributed by atoms with Crippen LogP contribution >= 0.6 is 11.8 Å². The quantitative estimate of drug-likeness (QED) is 0.867. The van der Waals surface area contributed by atoms with E-state index in [4.69, 9.17) is 4.74 Å². The maximum atomic E-state index is 5.30. The highest BCUT2D eigenvalue weighted by molar-refractivity contribution is 8.00. The van der Waals surface area contributed by atoms with Crippen molar-refractivity contribution < 1.29 is 4.74 Å². The van der Waals surface area contributed by atoms with E-state index in [9.17, 15) is 0 Å². The number of fused-ring (bicyclic) bond motifs is 1. The first-order valence-corrected chi connectivity index (χ1v) is 7.47. The topological polar surface area (TPSA) is 21.3 Å². The standard InChI is InChI=1S/C14H19NOS/c1-16-10-4-5-11-12(14-3-2-8-17-14)6-7-15-13(11)9-10/h4-5,9,12,14-15H,2-3,6-8H2,1H3. The lowest BCUT2D eigenvalue weighted by atomic mass is 9.86. The number of hydrogen-bond donors (Lipinski definition) is 1. The molecule has 0 amide bonds.